The fraction of sp³-hybridized carbons (Fsp3) is 0.500. The van der Waals surface area contributed by atoms with E-state index in [2.05, 4.69) is 5.32 Å². The molecular formula is C14H18ClFN2O2. The Labute approximate surface area is 122 Å². The Bertz CT molecular complexity index is 488. The maximum Gasteiger partial charge on any atom is 0.260 e. The second-order valence-corrected chi connectivity index (χ2v) is 5.54. The van der Waals surface area contributed by atoms with Gasteiger partial charge in [0.05, 0.1) is 5.02 Å². The lowest BCUT2D eigenvalue weighted by Crippen LogP contribution is -2.56. The number of rotatable bonds is 3. The van der Waals surface area contributed by atoms with Gasteiger partial charge in [0.2, 0.25) is 0 Å². The Morgan fingerprint density at radius 1 is 1.45 bits per heavy atom. The van der Waals surface area contributed by atoms with E-state index in [1.165, 1.54) is 18.2 Å². The van der Waals surface area contributed by atoms with E-state index < -0.39 is 5.82 Å². The summed E-state index contributed by atoms with van der Waals surface area (Å²) in [7, 11) is 0. The number of halogens is 2. The number of nitrogens with one attached hydrogen (secondary N) is 1. The minimum absolute atomic E-state index is 0.0145. The first-order valence-electron chi connectivity index (χ1n) is 6.57. The van der Waals surface area contributed by atoms with Crippen molar-refractivity contribution in [3.63, 3.8) is 0 Å². The van der Waals surface area contributed by atoms with E-state index in [0.717, 1.165) is 0 Å². The minimum atomic E-state index is -0.505. The van der Waals surface area contributed by atoms with Crippen LogP contribution in [0.3, 0.4) is 0 Å². The Kier molecular flexibility index (Phi) is 4.83. The van der Waals surface area contributed by atoms with Gasteiger partial charge in [0.15, 0.2) is 6.61 Å². The van der Waals surface area contributed by atoms with Gasteiger partial charge in [-0.1, -0.05) is 11.6 Å². The van der Waals surface area contributed by atoms with Crippen molar-refractivity contribution in [2.75, 3.05) is 19.7 Å². The van der Waals surface area contributed by atoms with Crippen molar-refractivity contribution >= 4 is 17.5 Å². The Morgan fingerprint density at radius 2 is 2.10 bits per heavy atom. The highest BCUT2D eigenvalue weighted by atomic mass is 35.5. The normalized spacial score (nSPS) is 22.7. The van der Waals surface area contributed by atoms with Gasteiger partial charge in [-0.2, -0.15) is 0 Å². The number of amides is 1. The van der Waals surface area contributed by atoms with Gasteiger partial charge in [-0.15, -0.1) is 0 Å². The number of nitrogens with zero attached hydrogens (tertiary/aromatic N) is 1. The number of hydrogen-bond acceptors (Lipinski definition) is 3. The first-order chi connectivity index (χ1) is 9.45. The summed E-state index contributed by atoms with van der Waals surface area (Å²) in [6.45, 7) is 5.34. The highest BCUT2D eigenvalue weighted by molar-refractivity contribution is 6.30. The molecule has 1 heterocycles. The summed E-state index contributed by atoms with van der Waals surface area (Å²) in [5.74, 6) is -0.193. The van der Waals surface area contributed by atoms with Crippen molar-refractivity contribution in [1.82, 2.24) is 10.2 Å². The molecule has 1 aromatic carbocycles. The van der Waals surface area contributed by atoms with Gasteiger partial charge in [0.1, 0.15) is 11.6 Å². The molecule has 2 rings (SSSR count). The van der Waals surface area contributed by atoms with Crippen LogP contribution in [-0.4, -0.2) is 42.6 Å². The van der Waals surface area contributed by atoms with Crippen LogP contribution in [0.5, 0.6) is 5.75 Å². The summed E-state index contributed by atoms with van der Waals surface area (Å²) >= 11 is 5.66. The van der Waals surface area contributed by atoms with Crippen LogP contribution in [0.4, 0.5) is 4.39 Å². The maximum absolute atomic E-state index is 13.0. The van der Waals surface area contributed by atoms with Gasteiger partial charge in [0, 0.05) is 31.2 Å². The molecule has 1 aliphatic rings. The van der Waals surface area contributed by atoms with Gasteiger partial charge >= 0.3 is 0 Å². The summed E-state index contributed by atoms with van der Waals surface area (Å²) in [4.78, 5) is 13.9. The molecule has 1 aliphatic heterocycles. The number of piperazine rings is 1. The molecule has 0 aliphatic carbocycles. The topological polar surface area (TPSA) is 41.6 Å². The van der Waals surface area contributed by atoms with E-state index in [9.17, 15) is 9.18 Å². The molecule has 0 aromatic heterocycles. The Hall–Kier alpha value is -1.33. The molecule has 1 amide bonds. The fourth-order valence-electron chi connectivity index (χ4n) is 2.33. The van der Waals surface area contributed by atoms with Crippen LogP contribution in [0.1, 0.15) is 13.8 Å². The summed E-state index contributed by atoms with van der Waals surface area (Å²) < 4.78 is 18.4. The van der Waals surface area contributed by atoms with Crippen molar-refractivity contribution in [3.8, 4) is 5.75 Å². The lowest BCUT2D eigenvalue weighted by atomic mass is 10.1. The molecule has 4 nitrogen and oxygen atoms in total. The third-order valence-corrected chi connectivity index (χ3v) is 3.45. The average Bonchev–Trinajstić information content (AvgIpc) is 2.38. The molecule has 1 N–H and O–H groups in total. The van der Waals surface area contributed by atoms with Crippen molar-refractivity contribution in [1.29, 1.82) is 0 Å². The van der Waals surface area contributed by atoms with E-state index in [4.69, 9.17) is 16.3 Å². The molecule has 0 radical (unpaired) electrons. The molecule has 20 heavy (non-hydrogen) atoms. The van der Waals surface area contributed by atoms with E-state index in [0.29, 0.717) is 18.8 Å². The van der Waals surface area contributed by atoms with E-state index in [-0.39, 0.29) is 29.6 Å². The van der Waals surface area contributed by atoms with Crippen molar-refractivity contribution < 1.29 is 13.9 Å². The lowest BCUT2D eigenvalue weighted by Gasteiger charge is -2.36. The smallest absolute Gasteiger partial charge is 0.260 e. The molecule has 110 valence electrons. The molecule has 1 aromatic rings. The second-order valence-electron chi connectivity index (χ2n) is 5.13. The minimum Gasteiger partial charge on any atom is -0.484 e. The molecular weight excluding hydrogens is 283 g/mol. The largest absolute Gasteiger partial charge is 0.484 e. The van der Waals surface area contributed by atoms with Crippen LogP contribution in [0.15, 0.2) is 18.2 Å². The predicted molar refractivity (Wildman–Crippen MR) is 75.5 cm³/mol. The summed E-state index contributed by atoms with van der Waals surface area (Å²) in [5, 5.41) is 3.34. The molecule has 1 fully saturated rings. The Balaban J connectivity index is 1.89. The van der Waals surface area contributed by atoms with Gasteiger partial charge in [-0.05, 0) is 26.0 Å². The fourth-order valence-corrected chi connectivity index (χ4v) is 2.50. The highest BCUT2D eigenvalue weighted by Gasteiger charge is 2.24. The van der Waals surface area contributed by atoms with E-state index in [1.54, 1.807) is 4.90 Å². The summed E-state index contributed by atoms with van der Waals surface area (Å²) in [5.41, 5.74) is 0. The molecule has 0 spiro atoms. The third kappa shape index (κ3) is 3.84. The second kappa shape index (κ2) is 6.41. The third-order valence-electron chi connectivity index (χ3n) is 3.16. The van der Waals surface area contributed by atoms with E-state index >= 15 is 0 Å². The number of carbonyl (C=O) groups is 1. The SMILES string of the molecule is CC1CN(C(=O)COc2ccc(F)c(Cl)c2)CC(C)N1. The van der Waals surface area contributed by atoms with Gasteiger partial charge in [-0.25, -0.2) is 4.39 Å². The van der Waals surface area contributed by atoms with Crippen LogP contribution in [0.2, 0.25) is 5.02 Å². The number of carbonyl (C=O) groups excluding carboxylic acids is 1. The van der Waals surface area contributed by atoms with Crippen molar-refractivity contribution in [3.05, 3.63) is 29.0 Å². The number of benzene rings is 1. The standard InChI is InChI=1S/C14H18ClFN2O2/c1-9-6-18(7-10(2)17-9)14(19)8-20-11-3-4-13(16)12(15)5-11/h3-5,9-10,17H,6-8H2,1-2H3. The molecule has 2 atom stereocenters. The lowest BCUT2D eigenvalue weighted by molar-refractivity contribution is -0.135. The molecule has 0 bridgehead atoms. The maximum atomic E-state index is 13.0. The van der Waals surface area contributed by atoms with Gasteiger partial charge < -0.3 is 15.0 Å². The Morgan fingerprint density at radius 3 is 2.70 bits per heavy atom. The summed E-state index contributed by atoms with van der Waals surface area (Å²) in [6.07, 6.45) is 0. The number of hydrogen-bond donors (Lipinski definition) is 1. The van der Waals surface area contributed by atoms with Gasteiger partial charge in [-0.3, -0.25) is 4.79 Å². The summed E-state index contributed by atoms with van der Waals surface area (Å²) in [6, 6.07) is 4.58. The average molecular weight is 301 g/mol. The van der Waals surface area contributed by atoms with Crippen molar-refractivity contribution in [2.45, 2.75) is 25.9 Å². The monoisotopic (exact) mass is 300 g/mol. The van der Waals surface area contributed by atoms with E-state index in [1.807, 2.05) is 13.8 Å². The van der Waals surface area contributed by atoms with Crippen LogP contribution in [0, 0.1) is 5.82 Å². The van der Waals surface area contributed by atoms with Crippen molar-refractivity contribution in [2.24, 2.45) is 0 Å². The van der Waals surface area contributed by atoms with Crippen LogP contribution < -0.4 is 10.1 Å². The van der Waals surface area contributed by atoms with Crippen LogP contribution >= 0.6 is 11.6 Å². The van der Waals surface area contributed by atoms with Crippen LogP contribution in [0.25, 0.3) is 0 Å². The van der Waals surface area contributed by atoms with Gasteiger partial charge in [0.25, 0.3) is 5.91 Å². The predicted octanol–water partition coefficient (Wildman–Crippen LogP) is 2.07. The highest BCUT2D eigenvalue weighted by Crippen LogP contribution is 2.21. The first-order valence-corrected chi connectivity index (χ1v) is 6.95. The molecule has 6 heteroatoms. The zero-order valence-electron chi connectivity index (χ0n) is 11.5. The van der Waals surface area contributed by atoms with Crippen LogP contribution in [-0.2, 0) is 4.79 Å². The first kappa shape index (κ1) is 15.1. The molecule has 2 unspecified atom stereocenters. The molecule has 1 saturated heterocycles. The molecule has 0 saturated carbocycles. The number of ether oxygens (including phenoxy) is 1. The zero-order valence-corrected chi connectivity index (χ0v) is 12.3. The quantitative estimate of drug-likeness (QED) is 0.929. The zero-order chi connectivity index (χ0) is 14.7.